The number of fused-ring (bicyclic) bond motifs is 1. The van der Waals surface area contributed by atoms with Crippen molar-refractivity contribution in [1.29, 1.82) is 0 Å². The lowest BCUT2D eigenvalue weighted by molar-refractivity contribution is 0.0772. The first kappa shape index (κ1) is 15.9. The van der Waals surface area contributed by atoms with Crippen LogP contribution in [0.25, 0.3) is 10.9 Å². The number of carbonyl (C=O) groups is 1. The molecule has 122 valence electrons. The molecule has 2 heterocycles. The molecule has 1 aliphatic heterocycles. The summed E-state index contributed by atoms with van der Waals surface area (Å²) in [7, 11) is -3.00. The number of rotatable bonds is 1. The second-order valence-corrected chi connectivity index (χ2v) is 8.46. The van der Waals surface area contributed by atoms with Crippen LogP contribution in [-0.4, -0.2) is 48.8 Å². The first-order valence-corrected chi connectivity index (χ1v) is 9.48. The van der Waals surface area contributed by atoms with Gasteiger partial charge in [0.2, 0.25) is 0 Å². The molecule has 1 aromatic heterocycles. The van der Waals surface area contributed by atoms with E-state index < -0.39 is 9.84 Å². The second-order valence-electron chi connectivity index (χ2n) is 6.16. The summed E-state index contributed by atoms with van der Waals surface area (Å²) in [6.07, 6.45) is 0. The highest BCUT2D eigenvalue weighted by molar-refractivity contribution is 7.91. The Morgan fingerprint density at radius 2 is 1.78 bits per heavy atom. The van der Waals surface area contributed by atoms with Crippen LogP contribution in [-0.2, 0) is 9.84 Å². The Balaban J connectivity index is 2.06. The van der Waals surface area contributed by atoms with Crippen LogP contribution in [0.15, 0.2) is 18.2 Å². The molecule has 0 saturated carbocycles. The third-order valence-electron chi connectivity index (χ3n) is 4.50. The summed E-state index contributed by atoms with van der Waals surface area (Å²) < 4.78 is 23.1. The highest BCUT2D eigenvalue weighted by atomic mass is 32.2. The van der Waals surface area contributed by atoms with E-state index in [0.717, 1.165) is 27.7 Å². The molecule has 0 N–H and O–H groups in total. The van der Waals surface area contributed by atoms with Gasteiger partial charge in [0, 0.05) is 24.2 Å². The van der Waals surface area contributed by atoms with E-state index in [-0.39, 0.29) is 30.5 Å². The topological polar surface area (TPSA) is 67.3 Å². The van der Waals surface area contributed by atoms with E-state index >= 15 is 0 Å². The van der Waals surface area contributed by atoms with Gasteiger partial charge in [-0.25, -0.2) is 8.42 Å². The SMILES string of the molecule is Cc1cc(C(=O)N2CCS(=O)(=O)CC2)c2ccc(C)c(C)c2n1. The van der Waals surface area contributed by atoms with Crippen molar-refractivity contribution < 1.29 is 13.2 Å². The number of carbonyl (C=O) groups excluding carboxylic acids is 1. The van der Waals surface area contributed by atoms with E-state index in [4.69, 9.17) is 0 Å². The van der Waals surface area contributed by atoms with E-state index in [1.165, 1.54) is 0 Å². The monoisotopic (exact) mass is 332 g/mol. The minimum Gasteiger partial charge on any atom is -0.337 e. The standard InChI is InChI=1S/C17H20N2O3S/c1-11-4-5-14-15(10-12(2)18-16(14)13(11)3)17(20)19-6-8-23(21,22)9-7-19/h4-5,10H,6-9H2,1-3H3. The maximum atomic E-state index is 12.9. The number of aromatic nitrogens is 1. The highest BCUT2D eigenvalue weighted by Crippen LogP contribution is 2.25. The molecule has 1 aliphatic rings. The van der Waals surface area contributed by atoms with Gasteiger partial charge in [-0.15, -0.1) is 0 Å². The predicted molar refractivity (Wildman–Crippen MR) is 90.5 cm³/mol. The number of nitrogens with zero attached hydrogens (tertiary/aromatic N) is 2. The van der Waals surface area contributed by atoms with Crippen molar-refractivity contribution in [1.82, 2.24) is 9.88 Å². The van der Waals surface area contributed by atoms with Crippen LogP contribution >= 0.6 is 0 Å². The molecular weight excluding hydrogens is 312 g/mol. The molecule has 23 heavy (non-hydrogen) atoms. The number of pyridine rings is 1. The summed E-state index contributed by atoms with van der Waals surface area (Å²) in [5, 5.41) is 0.831. The third kappa shape index (κ3) is 2.95. The van der Waals surface area contributed by atoms with Crippen LogP contribution in [0.4, 0.5) is 0 Å². The van der Waals surface area contributed by atoms with E-state index in [9.17, 15) is 13.2 Å². The lowest BCUT2D eigenvalue weighted by atomic mass is 10.0. The van der Waals surface area contributed by atoms with Crippen LogP contribution in [0, 0.1) is 20.8 Å². The molecule has 0 radical (unpaired) electrons. The Morgan fingerprint density at radius 3 is 2.43 bits per heavy atom. The Hall–Kier alpha value is -1.95. The molecule has 1 aromatic carbocycles. The maximum Gasteiger partial charge on any atom is 0.254 e. The fourth-order valence-electron chi connectivity index (χ4n) is 2.92. The smallest absolute Gasteiger partial charge is 0.254 e. The summed E-state index contributed by atoms with van der Waals surface area (Å²) in [5.41, 5.74) is 4.45. The van der Waals surface area contributed by atoms with Gasteiger partial charge in [0.25, 0.3) is 5.91 Å². The molecule has 6 heteroatoms. The molecule has 0 unspecified atom stereocenters. The Kier molecular flexibility index (Phi) is 3.88. The summed E-state index contributed by atoms with van der Waals surface area (Å²) in [6.45, 7) is 6.42. The Labute approximate surface area is 136 Å². The lowest BCUT2D eigenvalue weighted by Crippen LogP contribution is -2.43. The van der Waals surface area contributed by atoms with E-state index in [1.807, 2.05) is 32.9 Å². The van der Waals surface area contributed by atoms with E-state index in [1.54, 1.807) is 11.0 Å². The van der Waals surface area contributed by atoms with Gasteiger partial charge in [-0.05, 0) is 38.0 Å². The minimum absolute atomic E-state index is 0.0405. The number of aryl methyl sites for hydroxylation is 3. The van der Waals surface area contributed by atoms with Crippen molar-refractivity contribution >= 4 is 26.6 Å². The second kappa shape index (κ2) is 5.60. The molecule has 0 aliphatic carbocycles. The molecular formula is C17H20N2O3S. The molecule has 0 bridgehead atoms. The maximum absolute atomic E-state index is 12.9. The molecule has 2 aromatic rings. The number of hydrogen-bond donors (Lipinski definition) is 0. The summed E-state index contributed by atoms with van der Waals surface area (Å²) in [5.74, 6) is -0.0313. The summed E-state index contributed by atoms with van der Waals surface area (Å²) in [6, 6.07) is 5.71. The molecule has 3 rings (SSSR count). The minimum atomic E-state index is -3.00. The van der Waals surface area contributed by atoms with Crippen LogP contribution < -0.4 is 0 Å². The first-order valence-electron chi connectivity index (χ1n) is 7.66. The molecule has 1 amide bonds. The van der Waals surface area contributed by atoms with Crippen LogP contribution in [0.5, 0.6) is 0 Å². The number of sulfone groups is 1. The largest absolute Gasteiger partial charge is 0.337 e. The van der Waals surface area contributed by atoms with Gasteiger partial charge >= 0.3 is 0 Å². The Morgan fingerprint density at radius 1 is 1.13 bits per heavy atom. The van der Waals surface area contributed by atoms with Crippen molar-refractivity contribution in [3.8, 4) is 0 Å². The molecule has 0 atom stereocenters. The molecule has 5 nitrogen and oxygen atoms in total. The quantitative estimate of drug-likeness (QED) is 0.801. The third-order valence-corrected chi connectivity index (χ3v) is 6.10. The lowest BCUT2D eigenvalue weighted by Gasteiger charge is -2.27. The number of hydrogen-bond acceptors (Lipinski definition) is 4. The zero-order chi connectivity index (χ0) is 16.8. The van der Waals surface area contributed by atoms with Crippen molar-refractivity contribution in [2.75, 3.05) is 24.6 Å². The van der Waals surface area contributed by atoms with Gasteiger partial charge < -0.3 is 4.90 Å². The van der Waals surface area contributed by atoms with E-state index in [2.05, 4.69) is 4.98 Å². The van der Waals surface area contributed by atoms with Crippen LogP contribution in [0.2, 0.25) is 0 Å². The first-order chi connectivity index (χ1) is 10.8. The zero-order valence-corrected chi connectivity index (χ0v) is 14.4. The van der Waals surface area contributed by atoms with Gasteiger partial charge in [0.05, 0.1) is 22.6 Å². The average molecular weight is 332 g/mol. The van der Waals surface area contributed by atoms with E-state index in [0.29, 0.717) is 5.56 Å². The van der Waals surface area contributed by atoms with Gasteiger partial charge in [-0.3, -0.25) is 9.78 Å². The van der Waals surface area contributed by atoms with Gasteiger partial charge in [0.15, 0.2) is 9.84 Å². The van der Waals surface area contributed by atoms with Gasteiger partial charge in [0.1, 0.15) is 0 Å². The van der Waals surface area contributed by atoms with Crippen molar-refractivity contribution in [2.45, 2.75) is 20.8 Å². The van der Waals surface area contributed by atoms with Crippen molar-refractivity contribution in [3.05, 3.63) is 40.6 Å². The fourth-order valence-corrected chi connectivity index (χ4v) is 4.12. The zero-order valence-electron chi connectivity index (χ0n) is 13.6. The van der Waals surface area contributed by atoms with Gasteiger partial charge in [-0.1, -0.05) is 12.1 Å². The molecule has 0 spiro atoms. The number of benzene rings is 1. The highest BCUT2D eigenvalue weighted by Gasteiger charge is 2.27. The molecule has 1 saturated heterocycles. The number of amides is 1. The summed E-state index contributed by atoms with van der Waals surface area (Å²) >= 11 is 0. The van der Waals surface area contributed by atoms with Crippen molar-refractivity contribution in [3.63, 3.8) is 0 Å². The predicted octanol–water partition coefficient (Wildman–Crippen LogP) is 2.03. The van der Waals surface area contributed by atoms with Crippen LogP contribution in [0.3, 0.4) is 0 Å². The Bertz CT molecular complexity index is 890. The van der Waals surface area contributed by atoms with Crippen molar-refractivity contribution in [2.24, 2.45) is 0 Å². The summed E-state index contributed by atoms with van der Waals surface area (Å²) in [4.78, 5) is 19.1. The van der Waals surface area contributed by atoms with Gasteiger partial charge in [-0.2, -0.15) is 0 Å². The van der Waals surface area contributed by atoms with Crippen LogP contribution in [0.1, 0.15) is 27.2 Å². The average Bonchev–Trinajstić information content (AvgIpc) is 2.50. The fraction of sp³-hybridized carbons (Fsp3) is 0.412. The molecule has 1 fully saturated rings. The normalized spacial score (nSPS) is 17.4.